The van der Waals surface area contributed by atoms with Crippen molar-refractivity contribution in [2.45, 2.75) is 31.8 Å². The maximum atomic E-state index is 12.7. The van der Waals surface area contributed by atoms with Gasteiger partial charge in [-0.25, -0.2) is 4.79 Å². The van der Waals surface area contributed by atoms with Crippen molar-refractivity contribution in [2.75, 3.05) is 5.32 Å². The number of amides is 4. The molecule has 0 spiro atoms. The Morgan fingerprint density at radius 2 is 1.79 bits per heavy atom. The van der Waals surface area contributed by atoms with Gasteiger partial charge in [-0.15, -0.1) is 0 Å². The lowest BCUT2D eigenvalue weighted by atomic mass is 10.1. The van der Waals surface area contributed by atoms with Crippen molar-refractivity contribution in [3.63, 3.8) is 0 Å². The minimum absolute atomic E-state index is 0.0639. The molecule has 2 aromatic carbocycles. The molecule has 2 N–H and O–H groups in total. The number of carbonyl (C=O) groups excluding carboxylic acids is 3. The minimum atomic E-state index is -0.729. The van der Waals surface area contributed by atoms with Crippen LogP contribution in [0.1, 0.15) is 31.4 Å². The molecule has 0 radical (unpaired) electrons. The Hall–Kier alpha value is -2.57. The zero-order chi connectivity index (χ0) is 20.3. The highest BCUT2D eigenvalue weighted by Gasteiger charge is 2.40. The average Bonchev–Trinajstić information content (AvgIpc) is 2.93. The fraction of sp³-hybridized carbons (Fsp3) is 0.250. The quantitative estimate of drug-likeness (QED) is 0.681. The molecule has 1 aliphatic rings. The molecule has 0 saturated carbocycles. The lowest BCUT2D eigenvalue weighted by molar-refractivity contribution is -0.129. The van der Waals surface area contributed by atoms with Crippen LogP contribution in [0.3, 0.4) is 0 Å². The first kappa shape index (κ1) is 20.2. The number of halogens is 2. The number of hydrogen-bond donors (Lipinski definition) is 2. The molecule has 1 aliphatic heterocycles. The van der Waals surface area contributed by atoms with Crippen LogP contribution in [0, 0.1) is 0 Å². The Kier molecular flexibility index (Phi) is 6.21. The fourth-order valence-corrected chi connectivity index (χ4v) is 3.64. The van der Waals surface area contributed by atoms with Crippen molar-refractivity contribution in [3.05, 3.63) is 64.1 Å². The first-order chi connectivity index (χ1) is 13.3. The molecular formula is C20H19Cl2N3O3. The SMILES string of the molecule is C[C@@H](c1ccccc1)N1C(=O)N[C@@H](CCC(=O)Nc2cc(Cl)cc(Cl)c2)C1=O. The molecule has 3 rings (SSSR count). The third kappa shape index (κ3) is 4.64. The highest BCUT2D eigenvalue weighted by molar-refractivity contribution is 6.35. The van der Waals surface area contributed by atoms with Crippen LogP contribution in [-0.2, 0) is 9.59 Å². The number of rotatable bonds is 6. The summed E-state index contributed by atoms with van der Waals surface area (Å²) in [6.07, 6.45) is 0.261. The maximum Gasteiger partial charge on any atom is 0.325 e. The first-order valence-electron chi connectivity index (χ1n) is 8.79. The Morgan fingerprint density at radius 1 is 1.14 bits per heavy atom. The van der Waals surface area contributed by atoms with Crippen LogP contribution in [0.15, 0.2) is 48.5 Å². The molecule has 1 fully saturated rings. The lowest BCUT2D eigenvalue weighted by Crippen LogP contribution is -2.34. The van der Waals surface area contributed by atoms with E-state index in [-0.39, 0.29) is 30.7 Å². The summed E-state index contributed by atoms with van der Waals surface area (Å²) in [4.78, 5) is 38.3. The van der Waals surface area contributed by atoms with E-state index in [2.05, 4.69) is 10.6 Å². The molecule has 0 bridgehead atoms. The van der Waals surface area contributed by atoms with Crippen LogP contribution in [0.25, 0.3) is 0 Å². The van der Waals surface area contributed by atoms with Crippen molar-refractivity contribution in [1.29, 1.82) is 0 Å². The zero-order valence-corrected chi connectivity index (χ0v) is 16.6. The summed E-state index contributed by atoms with van der Waals surface area (Å²) in [5.74, 6) is -0.630. The molecule has 0 aromatic heterocycles. The topological polar surface area (TPSA) is 78.5 Å². The van der Waals surface area contributed by atoms with Crippen LogP contribution in [0.4, 0.5) is 10.5 Å². The molecule has 1 heterocycles. The average molecular weight is 420 g/mol. The largest absolute Gasteiger partial charge is 0.326 e. The second kappa shape index (κ2) is 8.63. The number of urea groups is 1. The number of benzene rings is 2. The molecule has 28 heavy (non-hydrogen) atoms. The summed E-state index contributed by atoms with van der Waals surface area (Å²) in [5.41, 5.74) is 1.34. The van der Waals surface area contributed by atoms with Gasteiger partial charge in [0.25, 0.3) is 5.91 Å². The maximum absolute atomic E-state index is 12.7. The van der Waals surface area contributed by atoms with Gasteiger partial charge in [0.1, 0.15) is 6.04 Å². The van der Waals surface area contributed by atoms with E-state index in [9.17, 15) is 14.4 Å². The molecule has 146 valence electrons. The Balaban J connectivity index is 1.58. The van der Waals surface area contributed by atoms with E-state index in [1.54, 1.807) is 25.1 Å². The van der Waals surface area contributed by atoms with E-state index in [4.69, 9.17) is 23.2 Å². The number of nitrogens with one attached hydrogen (secondary N) is 2. The number of anilines is 1. The monoisotopic (exact) mass is 419 g/mol. The number of hydrogen-bond acceptors (Lipinski definition) is 3. The highest BCUT2D eigenvalue weighted by Crippen LogP contribution is 2.26. The normalized spacial score (nSPS) is 17.4. The van der Waals surface area contributed by atoms with Crippen molar-refractivity contribution in [1.82, 2.24) is 10.2 Å². The minimum Gasteiger partial charge on any atom is -0.326 e. The van der Waals surface area contributed by atoms with Crippen molar-refractivity contribution < 1.29 is 14.4 Å². The Labute approximate surface area is 172 Å². The van der Waals surface area contributed by atoms with Gasteiger partial charge in [-0.3, -0.25) is 14.5 Å². The zero-order valence-electron chi connectivity index (χ0n) is 15.1. The van der Waals surface area contributed by atoms with Gasteiger partial charge in [-0.2, -0.15) is 0 Å². The van der Waals surface area contributed by atoms with E-state index in [0.717, 1.165) is 5.56 Å². The molecule has 1 saturated heterocycles. The molecule has 2 aromatic rings. The highest BCUT2D eigenvalue weighted by atomic mass is 35.5. The smallest absolute Gasteiger partial charge is 0.325 e. The first-order valence-corrected chi connectivity index (χ1v) is 9.55. The van der Waals surface area contributed by atoms with Gasteiger partial charge in [0.05, 0.1) is 6.04 Å². The van der Waals surface area contributed by atoms with Crippen molar-refractivity contribution in [3.8, 4) is 0 Å². The molecule has 8 heteroatoms. The van der Waals surface area contributed by atoms with E-state index in [1.807, 2.05) is 30.3 Å². The van der Waals surface area contributed by atoms with Gasteiger partial charge in [0, 0.05) is 22.2 Å². The number of carbonyl (C=O) groups is 3. The molecular weight excluding hydrogens is 401 g/mol. The van der Waals surface area contributed by atoms with E-state index in [1.165, 1.54) is 4.90 Å². The number of nitrogens with zero attached hydrogens (tertiary/aromatic N) is 1. The van der Waals surface area contributed by atoms with Gasteiger partial charge in [-0.05, 0) is 37.1 Å². The van der Waals surface area contributed by atoms with Crippen LogP contribution in [-0.4, -0.2) is 28.8 Å². The fourth-order valence-electron chi connectivity index (χ4n) is 3.12. The summed E-state index contributed by atoms with van der Waals surface area (Å²) in [7, 11) is 0. The predicted molar refractivity (Wildman–Crippen MR) is 108 cm³/mol. The second-order valence-electron chi connectivity index (χ2n) is 6.54. The lowest BCUT2D eigenvalue weighted by Gasteiger charge is -2.21. The third-order valence-electron chi connectivity index (χ3n) is 4.53. The van der Waals surface area contributed by atoms with Gasteiger partial charge < -0.3 is 10.6 Å². The molecule has 6 nitrogen and oxygen atoms in total. The summed E-state index contributed by atoms with van der Waals surface area (Å²) in [6.45, 7) is 1.80. The summed E-state index contributed by atoms with van der Waals surface area (Å²) < 4.78 is 0. The van der Waals surface area contributed by atoms with Gasteiger partial charge in [0.15, 0.2) is 0 Å². The summed E-state index contributed by atoms with van der Waals surface area (Å²) in [6, 6.07) is 12.5. The second-order valence-corrected chi connectivity index (χ2v) is 7.41. The van der Waals surface area contributed by atoms with Gasteiger partial charge in [0.2, 0.25) is 5.91 Å². The molecule has 2 atom stereocenters. The van der Waals surface area contributed by atoms with Crippen LogP contribution >= 0.6 is 23.2 Å². The van der Waals surface area contributed by atoms with Crippen LogP contribution in [0.2, 0.25) is 10.0 Å². The molecule has 0 unspecified atom stereocenters. The predicted octanol–water partition coefficient (Wildman–Crippen LogP) is 4.39. The Bertz CT molecular complexity index is 885. The van der Waals surface area contributed by atoms with Gasteiger partial charge >= 0.3 is 6.03 Å². The third-order valence-corrected chi connectivity index (χ3v) is 4.96. The molecule has 0 aliphatic carbocycles. The standard InChI is InChI=1S/C20H19Cl2N3O3/c1-12(13-5-3-2-4-6-13)25-19(27)17(24-20(25)28)7-8-18(26)23-16-10-14(21)9-15(22)11-16/h2-6,9-12,17H,7-8H2,1H3,(H,23,26)(H,24,28)/t12-,17-/m0/s1. The van der Waals surface area contributed by atoms with Crippen molar-refractivity contribution in [2.24, 2.45) is 0 Å². The van der Waals surface area contributed by atoms with Crippen LogP contribution < -0.4 is 10.6 Å². The summed E-state index contributed by atoms with van der Waals surface area (Å²) >= 11 is 11.8. The van der Waals surface area contributed by atoms with E-state index >= 15 is 0 Å². The Morgan fingerprint density at radius 3 is 2.43 bits per heavy atom. The van der Waals surface area contributed by atoms with Crippen LogP contribution in [0.5, 0.6) is 0 Å². The van der Waals surface area contributed by atoms with Gasteiger partial charge in [-0.1, -0.05) is 53.5 Å². The summed E-state index contributed by atoms with van der Waals surface area (Å²) in [5, 5.41) is 6.16. The van der Waals surface area contributed by atoms with Crippen molar-refractivity contribution >= 4 is 46.7 Å². The van der Waals surface area contributed by atoms with E-state index in [0.29, 0.717) is 15.7 Å². The number of imide groups is 1. The molecule has 4 amide bonds. The van der Waals surface area contributed by atoms with E-state index < -0.39 is 12.1 Å².